The molecule has 1 unspecified atom stereocenters. The van der Waals surface area contributed by atoms with Crippen LogP contribution in [0.1, 0.15) is 23.8 Å². The first-order valence-corrected chi connectivity index (χ1v) is 5.57. The lowest BCUT2D eigenvalue weighted by Crippen LogP contribution is -2.05. The Morgan fingerprint density at radius 1 is 1.26 bits per heavy atom. The van der Waals surface area contributed by atoms with Gasteiger partial charge in [0.15, 0.2) is 0 Å². The molecule has 0 aliphatic rings. The summed E-state index contributed by atoms with van der Waals surface area (Å²) in [6.07, 6.45) is -4.58. The summed E-state index contributed by atoms with van der Waals surface area (Å²) in [5, 5.41) is 6.40. The summed E-state index contributed by atoms with van der Waals surface area (Å²) in [5.74, 6) is -1.22. The van der Waals surface area contributed by atoms with E-state index in [0.29, 0.717) is 18.2 Å². The highest BCUT2D eigenvalue weighted by Gasteiger charge is 2.32. The van der Waals surface area contributed by atoms with Gasteiger partial charge in [0.25, 0.3) is 5.89 Å². The molecule has 1 atom stereocenters. The van der Waals surface area contributed by atoms with Crippen molar-refractivity contribution < 1.29 is 22.0 Å². The molecule has 0 aliphatic heterocycles. The van der Waals surface area contributed by atoms with Gasteiger partial charge in [0.2, 0.25) is 5.89 Å². The first-order chi connectivity index (χ1) is 8.79. The number of benzene rings is 1. The summed E-state index contributed by atoms with van der Waals surface area (Å²) in [6, 6.07) is 1.96. The fourth-order valence-corrected chi connectivity index (χ4v) is 1.46. The maximum atomic E-state index is 13.5. The monoisotopic (exact) mass is 294 g/mol. The van der Waals surface area contributed by atoms with E-state index in [4.69, 9.17) is 16.0 Å². The zero-order valence-electron chi connectivity index (χ0n) is 9.50. The fourth-order valence-electron chi connectivity index (χ4n) is 1.37. The predicted molar refractivity (Wildman–Crippen MR) is 59.0 cm³/mol. The molecule has 1 aromatic heterocycles. The molecule has 102 valence electrons. The third-order valence-electron chi connectivity index (χ3n) is 2.31. The summed E-state index contributed by atoms with van der Waals surface area (Å²) in [6.45, 7) is 1.54. The van der Waals surface area contributed by atoms with Crippen LogP contribution in [0.5, 0.6) is 0 Å². The molecule has 0 N–H and O–H groups in total. The Labute approximate surface area is 110 Å². The van der Waals surface area contributed by atoms with E-state index < -0.39 is 28.5 Å². The van der Waals surface area contributed by atoms with Gasteiger partial charge >= 0.3 is 6.18 Å². The lowest BCUT2D eigenvalue weighted by molar-refractivity contribution is -0.137. The van der Waals surface area contributed by atoms with Crippen molar-refractivity contribution in [2.75, 3.05) is 0 Å². The van der Waals surface area contributed by atoms with Crippen LogP contribution < -0.4 is 0 Å². The molecule has 2 aromatic rings. The van der Waals surface area contributed by atoms with E-state index in [1.807, 2.05) is 0 Å². The highest BCUT2D eigenvalue weighted by Crippen LogP contribution is 2.33. The molecule has 0 bridgehead atoms. The summed E-state index contributed by atoms with van der Waals surface area (Å²) in [4.78, 5) is 0. The molecule has 0 aliphatic carbocycles. The van der Waals surface area contributed by atoms with Gasteiger partial charge in [0, 0.05) is 0 Å². The SMILES string of the molecule is CC(Cl)c1nnc(-c2cc(C(F)(F)F)ccc2F)o1. The summed E-state index contributed by atoms with van der Waals surface area (Å²) >= 11 is 5.68. The normalized spacial score (nSPS) is 13.6. The van der Waals surface area contributed by atoms with Crippen LogP contribution in [0.25, 0.3) is 11.5 Å². The van der Waals surface area contributed by atoms with Gasteiger partial charge in [0.1, 0.15) is 11.2 Å². The number of halogens is 5. The first-order valence-electron chi connectivity index (χ1n) is 5.13. The van der Waals surface area contributed by atoms with Crippen molar-refractivity contribution in [1.29, 1.82) is 0 Å². The number of rotatable bonds is 2. The van der Waals surface area contributed by atoms with E-state index in [0.717, 1.165) is 0 Å². The zero-order valence-corrected chi connectivity index (χ0v) is 10.3. The second kappa shape index (κ2) is 4.80. The Bertz CT molecular complexity index is 595. The lowest BCUT2D eigenvalue weighted by atomic mass is 10.1. The third kappa shape index (κ3) is 2.86. The molecule has 8 heteroatoms. The Balaban J connectivity index is 2.48. The average Bonchev–Trinajstić information content (AvgIpc) is 2.77. The zero-order chi connectivity index (χ0) is 14.2. The van der Waals surface area contributed by atoms with E-state index in [1.54, 1.807) is 6.92 Å². The molecule has 0 saturated heterocycles. The van der Waals surface area contributed by atoms with E-state index in [-0.39, 0.29) is 11.8 Å². The molecule has 2 rings (SSSR count). The molecular formula is C11H7ClF4N2O. The minimum absolute atomic E-state index is 0.00785. The maximum Gasteiger partial charge on any atom is 0.416 e. The van der Waals surface area contributed by atoms with Crippen molar-refractivity contribution in [3.8, 4) is 11.5 Å². The van der Waals surface area contributed by atoms with E-state index in [2.05, 4.69) is 10.2 Å². The molecule has 0 saturated carbocycles. The van der Waals surface area contributed by atoms with Gasteiger partial charge < -0.3 is 4.42 Å². The third-order valence-corrected chi connectivity index (χ3v) is 2.49. The molecule has 0 fully saturated rings. The Hall–Kier alpha value is -1.63. The fraction of sp³-hybridized carbons (Fsp3) is 0.273. The first kappa shape index (κ1) is 13.8. The topological polar surface area (TPSA) is 38.9 Å². The van der Waals surface area contributed by atoms with Gasteiger partial charge in [-0.1, -0.05) is 0 Å². The summed E-state index contributed by atoms with van der Waals surface area (Å²) < 4.78 is 56.2. The molecule has 19 heavy (non-hydrogen) atoms. The van der Waals surface area contributed by atoms with Gasteiger partial charge in [-0.2, -0.15) is 13.2 Å². The molecule has 1 aromatic carbocycles. The van der Waals surface area contributed by atoms with Crippen LogP contribution in [0.2, 0.25) is 0 Å². The van der Waals surface area contributed by atoms with Crippen LogP contribution in [-0.4, -0.2) is 10.2 Å². The van der Waals surface area contributed by atoms with Crippen LogP contribution in [0.4, 0.5) is 17.6 Å². The lowest BCUT2D eigenvalue weighted by Gasteiger charge is -2.07. The Morgan fingerprint density at radius 2 is 1.95 bits per heavy atom. The Kier molecular flexibility index (Phi) is 3.49. The van der Waals surface area contributed by atoms with Gasteiger partial charge in [-0.25, -0.2) is 4.39 Å². The van der Waals surface area contributed by atoms with E-state index >= 15 is 0 Å². The molecule has 0 amide bonds. The van der Waals surface area contributed by atoms with Gasteiger partial charge in [-0.05, 0) is 25.1 Å². The smallest absolute Gasteiger partial charge is 0.416 e. The molecular weight excluding hydrogens is 288 g/mol. The summed E-state index contributed by atoms with van der Waals surface area (Å²) in [7, 11) is 0. The Morgan fingerprint density at radius 3 is 2.47 bits per heavy atom. The van der Waals surface area contributed by atoms with Gasteiger partial charge in [-0.3, -0.25) is 0 Å². The average molecular weight is 295 g/mol. The molecule has 0 radical (unpaired) electrons. The van der Waals surface area contributed by atoms with Crippen molar-refractivity contribution >= 4 is 11.6 Å². The second-order valence-corrected chi connectivity index (χ2v) is 4.41. The van der Waals surface area contributed by atoms with Crippen LogP contribution in [0, 0.1) is 5.82 Å². The highest BCUT2D eigenvalue weighted by atomic mass is 35.5. The maximum absolute atomic E-state index is 13.5. The number of alkyl halides is 4. The highest BCUT2D eigenvalue weighted by molar-refractivity contribution is 6.20. The minimum Gasteiger partial charge on any atom is -0.419 e. The van der Waals surface area contributed by atoms with Crippen molar-refractivity contribution in [2.24, 2.45) is 0 Å². The van der Waals surface area contributed by atoms with Crippen molar-refractivity contribution in [3.05, 3.63) is 35.5 Å². The summed E-state index contributed by atoms with van der Waals surface area (Å²) in [5.41, 5.74) is -1.41. The minimum atomic E-state index is -4.58. The van der Waals surface area contributed by atoms with Crippen LogP contribution in [0.15, 0.2) is 22.6 Å². The standard InChI is InChI=1S/C11H7ClF4N2O/c1-5(12)9-17-18-10(19-9)7-4-6(11(14,15)16)2-3-8(7)13/h2-5H,1H3. The van der Waals surface area contributed by atoms with E-state index in [1.165, 1.54) is 0 Å². The predicted octanol–water partition coefficient (Wildman–Crippen LogP) is 4.19. The van der Waals surface area contributed by atoms with Crippen LogP contribution in [0.3, 0.4) is 0 Å². The molecule has 1 heterocycles. The number of hydrogen-bond acceptors (Lipinski definition) is 3. The quantitative estimate of drug-likeness (QED) is 0.615. The van der Waals surface area contributed by atoms with Crippen molar-refractivity contribution in [1.82, 2.24) is 10.2 Å². The molecule has 0 spiro atoms. The largest absolute Gasteiger partial charge is 0.419 e. The van der Waals surface area contributed by atoms with Crippen molar-refractivity contribution in [3.63, 3.8) is 0 Å². The van der Waals surface area contributed by atoms with E-state index in [9.17, 15) is 17.6 Å². The van der Waals surface area contributed by atoms with Crippen LogP contribution >= 0.6 is 11.6 Å². The van der Waals surface area contributed by atoms with Crippen LogP contribution in [-0.2, 0) is 6.18 Å². The number of aromatic nitrogens is 2. The second-order valence-electron chi connectivity index (χ2n) is 3.75. The van der Waals surface area contributed by atoms with Crippen molar-refractivity contribution in [2.45, 2.75) is 18.5 Å². The number of hydrogen-bond donors (Lipinski definition) is 0. The molecule has 3 nitrogen and oxygen atoms in total. The van der Waals surface area contributed by atoms with Gasteiger partial charge in [0.05, 0.1) is 11.1 Å². The number of nitrogens with zero attached hydrogens (tertiary/aromatic N) is 2. The van der Waals surface area contributed by atoms with Gasteiger partial charge in [-0.15, -0.1) is 21.8 Å².